The van der Waals surface area contributed by atoms with Crippen LogP contribution in [0, 0.1) is 0 Å². The molecule has 0 radical (unpaired) electrons. The van der Waals surface area contributed by atoms with Crippen LogP contribution in [0.5, 0.6) is 0 Å². The zero-order chi connectivity index (χ0) is 16.0. The first kappa shape index (κ1) is 19.1. The Morgan fingerprint density at radius 3 is 2.52 bits per heavy atom. The number of benzene rings is 1. The van der Waals surface area contributed by atoms with Crippen LogP contribution in [0.2, 0.25) is 0 Å². The van der Waals surface area contributed by atoms with Crippen LogP contribution >= 0.6 is 74.6 Å². The van der Waals surface area contributed by atoms with Gasteiger partial charge in [0, 0.05) is 10.2 Å². The second kappa shape index (κ2) is 8.60. The number of hydrogen-bond donors (Lipinski definition) is 3. The Bertz CT molecular complexity index is 526. The summed E-state index contributed by atoms with van der Waals surface area (Å²) < 4.78 is -0.922. The van der Waals surface area contributed by atoms with Gasteiger partial charge in [-0.15, -0.1) is 11.6 Å². The summed E-state index contributed by atoms with van der Waals surface area (Å²) in [5, 5.41) is 8.22. The van der Waals surface area contributed by atoms with E-state index in [1.54, 1.807) is 6.07 Å². The summed E-state index contributed by atoms with van der Waals surface area (Å²) in [7, 11) is 0. The molecule has 0 spiro atoms. The Labute approximate surface area is 156 Å². The summed E-state index contributed by atoms with van der Waals surface area (Å²) in [5.41, 5.74) is 0.730. The molecule has 21 heavy (non-hydrogen) atoms. The Morgan fingerprint density at radius 2 is 2.00 bits per heavy atom. The molecular weight excluding hydrogens is 444 g/mol. The monoisotopic (exact) mass is 451 g/mol. The zero-order valence-electron chi connectivity index (χ0n) is 10.3. The van der Waals surface area contributed by atoms with E-state index in [4.69, 9.17) is 58.6 Å². The van der Waals surface area contributed by atoms with Gasteiger partial charge in [0.05, 0.1) is 0 Å². The van der Waals surface area contributed by atoms with Crippen molar-refractivity contribution in [3.05, 3.63) is 28.7 Å². The third-order valence-corrected chi connectivity index (χ3v) is 3.72. The van der Waals surface area contributed by atoms with Gasteiger partial charge < -0.3 is 16.0 Å². The van der Waals surface area contributed by atoms with E-state index in [9.17, 15) is 4.79 Å². The molecule has 116 valence electrons. The molecule has 0 fully saturated rings. The van der Waals surface area contributed by atoms with Crippen molar-refractivity contribution in [2.24, 2.45) is 0 Å². The maximum Gasteiger partial charge on any atom is 0.236 e. The van der Waals surface area contributed by atoms with E-state index in [0.29, 0.717) is 0 Å². The molecule has 4 nitrogen and oxygen atoms in total. The topological polar surface area (TPSA) is 53.2 Å². The summed E-state index contributed by atoms with van der Waals surface area (Å²) in [6.45, 7) is 0. The Morgan fingerprint density at radius 1 is 1.33 bits per heavy atom. The van der Waals surface area contributed by atoms with Crippen molar-refractivity contribution in [3.8, 4) is 0 Å². The SMILES string of the molecule is O=C(CCl)N[C@H](NC(=S)Nc1cccc(Br)c1)C(Cl)(Cl)Cl. The molecule has 0 aliphatic rings. The van der Waals surface area contributed by atoms with Crippen LogP contribution in [0.4, 0.5) is 5.69 Å². The number of hydrogen-bond acceptors (Lipinski definition) is 2. The lowest BCUT2D eigenvalue weighted by molar-refractivity contribution is -0.119. The fourth-order valence-electron chi connectivity index (χ4n) is 1.26. The summed E-state index contributed by atoms with van der Waals surface area (Å²) in [6.07, 6.45) is -1.03. The molecule has 0 aliphatic heterocycles. The predicted molar refractivity (Wildman–Crippen MR) is 96.4 cm³/mol. The summed E-state index contributed by atoms with van der Waals surface area (Å²) in [6, 6.07) is 7.32. The quantitative estimate of drug-likeness (QED) is 0.369. The molecule has 10 heteroatoms. The second-order valence-corrected chi connectivity index (χ2v) is 7.74. The van der Waals surface area contributed by atoms with Gasteiger partial charge in [-0.25, -0.2) is 0 Å². The van der Waals surface area contributed by atoms with Crippen LogP contribution in [0.1, 0.15) is 0 Å². The van der Waals surface area contributed by atoms with Gasteiger partial charge in [0.15, 0.2) is 5.11 Å². The Hall–Kier alpha value is 0.0200. The van der Waals surface area contributed by atoms with E-state index in [1.807, 2.05) is 18.2 Å². The largest absolute Gasteiger partial charge is 0.339 e. The van der Waals surface area contributed by atoms with E-state index in [1.165, 1.54) is 0 Å². The van der Waals surface area contributed by atoms with Crippen LogP contribution < -0.4 is 16.0 Å². The summed E-state index contributed by atoms with van der Waals surface area (Å²) in [4.78, 5) is 11.3. The van der Waals surface area contributed by atoms with Gasteiger partial charge in [0.1, 0.15) is 12.0 Å². The van der Waals surface area contributed by atoms with Crippen molar-refractivity contribution in [3.63, 3.8) is 0 Å². The third-order valence-electron chi connectivity index (χ3n) is 2.11. The fraction of sp³-hybridized carbons (Fsp3) is 0.273. The highest BCUT2D eigenvalue weighted by atomic mass is 79.9. The number of thiocarbonyl (C=S) groups is 1. The molecule has 1 amide bonds. The minimum Gasteiger partial charge on any atom is -0.339 e. The van der Waals surface area contributed by atoms with Crippen LogP contribution in [0.15, 0.2) is 28.7 Å². The van der Waals surface area contributed by atoms with Gasteiger partial charge in [-0.3, -0.25) is 4.79 Å². The summed E-state index contributed by atoms with van der Waals surface area (Å²) >= 11 is 31.2. The number of amides is 1. The first-order chi connectivity index (χ1) is 9.72. The smallest absolute Gasteiger partial charge is 0.236 e. The molecule has 1 aromatic rings. The number of nitrogens with one attached hydrogen (secondary N) is 3. The van der Waals surface area contributed by atoms with Crippen molar-refractivity contribution < 1.29 is 4.79 Å². The lowest BCUT2D eigenvalue weighted by atomic mass is 10.3. The van der Waals surface area contributed by atoms with E-state index in [-0.39, 0.29) is 11.0 Å². The lowest BCUT2D eigenvalue weighted by Crippen LogP contribution is -2.56. The number of alkyl halides is 4. The first-order valence-electron chi connectivity index (χ1n) is 5.47. The maximum atomic E-state index is 11.3. The van der Waals surface area contributed by atoms with Crippen LogP contribution in [0.3, 0.4) is 0 Å². The molecule has 1 aromatic carbocycles. The molecule has 0 aliphatic carbocycles. The molecule has 0 bridgehead atoms. The normalized spacial score (nSPS) is 12.4. The van der Waals surface area contributed by atoms with Gasteiger partial charge in [-0.2, -0.15) is 0 Å². The van der Waals surface area contributed by atoms with Crippen molar-refractivity contribution in [1.82, 2.24) is 10.6 Å². The molecular formula is C11H10BrCl4N3OS. The molecule has 0 heterocycles. The van der Waals surface area contributed by atoms with E-state index in [2.05, 4.69) is 31.9 Å². The predicted octanol–water partition coefficient (Wildman–Crippen LogP) is 3.79. The van der Waals surface area contributed by atoms with Crippen molar-refractivity contribution >= 4 is 91.3 Å². The van der Waals surface area contributed by atoms with Gasteiger partial charge in [0.25, 0.3) is 0 Å². The number of carbonyl (C=O) groups excluding carboxylic acids is 1. The zero-order valence-corrected chi connectivity index (χ0v) is 15.7. The van der Waals surface area contributed by atoms with Gasteiger partial charge in [-0.1, -0.05) is 56.8 Å². The highest BCUT2D eigenvalue weighted by Crippen LogP contribution is 2.29. The average molecular weight is 454 g/mol. The number of anilines is 1. The van der Waals surface area contributed by atoms with Crippen molar-refractivity contribution in [2.75, 3.05) is 11.2 Å². The standard InChI is InChI=1S/C11H10BrCl4N3OS/c12-6-2-1-3-7(4-6)17-10(21)19-9(11(14,15)16)18-8(20)5-13/h1-4,9H,5H2,(H,18,20)(H2,17,19,21)/t9-/m1/s1. The molecule has 0 saturated carbocycles. The Kier molecular flexibility index (Phi) is 7.81. The number of rotatable bonds is 4. The third kappa shape index (κ3) is 7.21. The Balaban J connectivity index is 2.70. The van der Waals surface area contributed by atoms with E-state index in [0.717, 1.165) is 10.2 Å². The first-order valence-corrected chi connectivity index (χ1v) is 8.34. The molecule has 1 atom stereocenters. The maximum absolute atomic E-state index is 11.3. The van der Waals surface area contributed by atoms with Gasteiger partial charge in [0.2, 0.25) is 9.70 Å². The minimum atomic E-state index is -1.80. The summed E-state index contributed by atoms with van der Waals surface area (Å²) in [5.74, 6) is -0.754. The fourth-order valence-corrected chi connectivity index (χ4v) is 2.30. The highest BCUT2D eigenvalue weighted by molar-refractivity contribution is 9.10. The average Bonchev–Trinajstić information content (AvgIpc) is 2.36. The van der Waals surface area contributed by atoms with Crippen molar-refractivity contribution in [1.29, 1.82) is 0 Å². The van der Waals surface area contributed by atoms with E-state index >= 15 is 0 Å². The molecule has 0 unspecified atom stereocenters. The number of halogens is 5. The molecule has 1 rings (SSSR count). The van der Waals surface area contributed by atoms with Crippen LogP contribution in [0.25, 0.3) is 0 Å². The molecule has 0 aromatic heterocycles. The molecule has 3 N–H and O–H groups in total. The lowest BCUT2D eigenvalue weighted by Gasteiger charge is -2.27. The van der Waals surface area contributed by atoms with Gasteiger partial charge in [-0.05, 0) is 30.4 Å². The second-order valence-electron chi connectivity index (χ2n) is 3.78. The number of carbonyl (C=O) groups is 1. The van der Waals surface area contributed by atoms with Crippen LogP contribution in [-0.2, 0) is 4.79 Å². The highest BCUT2D eigenvalue weighted by Gasteiger charge is 2.34. The van der Waals surface area contributed by atoms with Crippen LogP contribution in [-0.4, -0.2) is 26.9 Å². The van der Waals surface area contributed by atoms with Crippen molar-refractivity contribution in [2.45, 2.75) is 9.96 Å². The minimum absolute atomic E-state index is 0.180. The molecule has 0 saturated heterocycles. The van der Waals surface area contributed by atoms with Gasteiger partial charge >= 0.3 is 0 Å². The van der Waals surface area contributed by atoms with E-state index < -0.39 is 15.9 Å².